The number of carbonyl (C=O) groups excluding carboxylic acids is 3. The minimum atomic E-state index is -0.564. The van der Waals surface area contributed by atoms with Crippen LogP contribution in [0.25, 0.3) is 0 Å². The van der Waals surface area contributed by atoms with Gasteiger partial charge < -0.3 is 19.3 Å². The van der Waals surface area contributed by atoms with Gasteiger partial charge in [-0.2, -0.15) is 0 Å². The fourth-order valence-corrected chi connectivity index (χ4v) is 5.88. The summed E-state index contributed by atoms with van der Waals surface area (Å²) in [5.41, 5.74) is 1.59. The third-order valence-electron chi connectivity index (χ3n) is 7.37. The number of benzene rings is 1. The van der Waals surface area contributed by atoms with Crippen LogP contribution in [0.3, 0.4) is 0 Å². The standard InChI is InChI=1S/C28H38N2O5/c1-28(2,3)35-27(33)29-15-9-8-12-23(29)21-16-20-13-14-24(31)30(18-19-10-6-5-7-11-19)25(20)22(17-21)26(32)34-4/h5-7,10-11,16,21-23,25H,8-9,12-15,17-18H2,1-4H3/t21-,22-,23+,25+/m0/s1. The van der Waals surface area contributed by atoms with E-state index in [1.165, 1.54) is 7.11 Å². The average molecular weight is 483 g/mol. The van der Waals surface area contributed by atoms with Gasteiger partial charge in [-0.1, -0.05) is 42.0 Å². The van der Waals surface area contributed by atoms with Crippen LogP contribution in [-0.4, -0.2) is 59.1 Å². The highest BCUT2D eigenvalue weighted by molar-refractivity contribution is 5.82. The Bertz CT molecular complexity index is 967. The molecule has 3 aliphatic rings. The number of hydrogen-bond acceptors (Lipinski definition) is 5. The van der Waals surface area contributed by atoms with Crippen molar-refractivity contribution in [1.82, 2.24) is 9.80 Å². The quantitative estimate of drug-likeness (QED) is 0.459. The molecule has 35 heavy (non-hydrogen) atoms. The van der Waals surface area contributed by atoms with E-state index in [4.69, 9.17) is 9.47 Å². The molecule has 190 valence electrons. The molecule has 0 saturated carbocycles. The van der Waals surface area contributed by atoms with E-state index in [-0.39, 0.29) is 36.0 Å². The molecule has 0 radical (unpaired) electrons. The summed E-state index contributed by atoms with van der Waals surface area (Å²) < 4.78 is 11.0. The van der Waals surface area contributed by atoms with Crippen molar-refractivity contribution in [3.05, 3.63) is 47.5 Å². The van der Waals surface area contributed by atoms with Crippen LogP contribution in [0.1, 0.15) is 64.9 Å². The highest BCUT2D eigenvalue weighted by Crippen LogP contribution is 2.42. The molecule has 7 nitrogen and oxygen atoms in total. The molecule has 2 aliphatic heterocycles. The van der Waals surface area contributed by atoms with Gasteiger partial charge in [0.05, 0.1) is 19.1 Å². The van der Waals surface area contributed by atoms with Crippen LogP contribution >= 0.6 is 0 Å². The highest BCUT2D eigenvalue weighted by atomic mass is 16.6. The molecule has 2 amide bonds. The van der Waals surface area contributed by atoms with Gasteiger partial charge in [0.25, 0.3) is 0 Å². The molecule has 0 N–H and O–H groups in total. The predicted octanol–water partition coefficient (Wildman–Crippen LogP) is 4.70. The van der Waals surface area contributed by atoms with Crippen molar-refractivity contribution < 1.29 is 23.9 Å². The van der Waals surface area contributed by atoms with Gasteiger partial charge in [0.15, 0.2) is 0 Å². The van der Waals surface area contributed by atoms with Crippen molar-refractivity contribution in [3.63, 3.8) is 0 Å². The summed E-state index contributed by atoms with van der Waals surface area (Å²) in [6.45, 7) is 6.76. The number of esters is 1. The van der Waals surface area contributed by atoms with Crippen LogP contribution < -0.4 is 0 Å². The van der Waals surface area contributed by atoms with Crippen LogP contribution in [0.15, 0.2) is 42.0 Å². The average Bonchev–Trinajstić information content (AvgIpc) is 2.84. The van der Waals surface area contributed by atoms with Gasteiger partial charge in [-0.25, -0.2) is 4.79 Å². The lowest BCUT2D eigenvalue weighted by Gasteiger charge is -2.48. The van der Waals surface area contributed by atoms with E-state index in [0.717, 1.165) is 30.4 Å². The first-order valence-electron chi connectivity index (χ1n) is 12.8. The molecule has 0 aromatic heterocycles. The van der Waals surface area contributed by atoms with Crippen LogP contribution in [-0.2, 0) is 25.6 Å². The van der Waals surface area contributed by atoms with Gasteiger partial charge in [0.1, 0.15) is 5.60 Å². The van der Waals surface area contributed by atoms with E-state index >= 15 is 0 Å². The Morgan fingerprint density at radius 3 is 2.51 bits per heavy atom. The Labute approximate surface area is 208 Å². The lowest BCUT2D eigenvalue weighted by molar-refractivity contribution is -0.152. The Balaban J connectivity index is 1.64. The molecular weight excluding hydrogens is 444 g/mol. The van der Waals surface area contributed by atoms with Crippen molar-refractivity contribution in [2.75, 3.05) is 13.7 Å². The number of fused-ring (bicyclic) bond motifs is 1. The van der Waals surface area contributed by atoms with Crippen molar-refractivity contribution in [2.45, 2.75) is 83.5 Å². The van der Waals surface area contributed by atoms with Crippen molar-refractivity contribution in [1.29, 1.82) is 0 Å². The van der Waals surface area contributed by atoms with Crippen molar-refractivity contribution in [2.24, 2.45) is 11.8 Å². The van der Waals surface area contributed by atoms with Gasteiger partial charge in [-0.3, -0.25) is 9.59 Å². The van der Waals surface area contributed by atoms with Gasteiger partial charge in [-0.05, 0) is 64.4 Å². The van der Waals surface area contributed by atoms with Crippen LogP contribution in [0.2, 0.25) is 0 Å². The third-order valence-corrected chi connectivity index (χ3v) is 7.37. The number of rotatable bonds is 4. The van der Waals surface area contributed by atoms with E-state index in [9.17, 15) is 14.4 Å². The van der Waals surface area contributed by atoms with Crippen molar-refractivity contribution in [3.8, 4) is 0 Å². The Hall–Kier alpha value is -2.83. The van der Waals surface area contributed by atoms with E-state index < -0.39 is 11.5 Å². The molecule has 0 bridgehead atoms. The summed E-state index contributed by atoms with van der Waals surface area (Å²) in [5, 5.41) is 0. The molecule has 4 atom stereocenters. The van der Waals surface area contributed by atoms with Gasteiger partial charge >= 0.3 is 12.1 Å². The van der Waals surface area contributed by atoms with Crippen LogP contribution in [0.5, 0.6) is 0 Å². The SMILES string of the molecule is COC(=O)[C@H]1C[C@@H]([C@H]2CCCCN2C(=O)OC(C)(C)C)C=C2CCC(=O)N(Cc3ccccc3)[C@H]21. The summed E-state index contributed by atoms with van der Waals surface area (Å²) in [4.78, 5) is 42.9. The first-order valence-corrected chi connectivity index (χ1v) is 12.8. The zero-order valence-corrected chi connectivity index (χ0v) is 21.4. The second kappa shape index (κ2) is 10.4. The highest BCUT2D eigenvalue weighted by Gasteiger charge is 2.47. The number of piperidine rings is 2. The number of methoxy groups -OCH3 is 1. The number of nitrogens with zero attached hydrogens (tertiary/aromatic N) is 2. The van der Waals surface area contributed by atoms with Gasteiger partial charge in [0.2, 0.25) is 5.91 Å². The molecule has 1 aromatic carbocycles. The topological polar surface area (TPSA) is 76.1 Å². The fourth-order valence-electron chi connectivity index (χ4n) is 5.88. The summed E-state index contributed by atoms with van der Waals surface area (Å²) in [7, 11) is 1.41. The zero-order chi connectivity index (χ0) is 25.2. The third kappa shape index (κ3) is 5.71. The maximum Gasteiger partial charge on any atom is 0.410 e. The normalized spacial score (nSPS) is 27.1. The first kappa shape index (κ1) is 25.3. The van der Waals surface area contributed by atoms with E-state index in [1.807, 2.05) is 60.9 Å². The minimum Gasteiger partial charge on any atom is -0.469 e. The molecule has 2 fully saturated rings. The minimum absolute atomic E-state index is 0.0185. The van der Waals surface area contributed by atoms with Crippen molar-refractivity contribution >= 4 is 18.0 Å². The zero-order valence-electron chi connectivity index (χ0n) is 21.4. The largest absolute Gasteiger partial charge is 0.469 e. The monoisotopic (exact) mass is 482 g/mol. The lowest BCUT2D eigenvalue weighted by Crippen LogP contribution is -2.55. The molecule has 7 heteroatoms. The summed E-state index contributed by atoms with van der Waals surface area (Å²) >= 11 is 0. The summed E-state index contributed by atoms with van der Waals surface area (Å²) in [5.74, 6) is -0.667. The second-order valence-corrected chi connectivity index (χ2v) is 11.0. The smallest absolute Gasteiger partial charge is 0.410 e. The Morgan fingerprint density at radius 2 is 1.83 bits per heavy atom. The second-order valence-electron chi connectivity index (χ2n) is 11.0. The van der Waals surface area contributed by atoms with Crippen LogP contribution in [0, 0.1) is 11.8 Å². The molecule has 1 aliphatic carbocycles. The number of hydrogen-bond donors (Lipinski definition) is 0. The Kier molecular flexibility index (Phi) is 7.53. The first-order chi connectivity index (χ1) is 16.7. The van der Waals surface area contributed by atoms with E-state index in [0.29, 0.717) is 32.4 Å². The van der Waals surface area contributed by atoms with Gasteiger partial charge in [-0.15, -0.1) is 0 Å². The molecule has 0 unspecified atom stereocenters. The molecule has 1 aromatic rings. The number of ether oxygens (including phenoxy) is 2. The number of carbonyl (C=O) groups is 3. The maximum atomic E-state index is 13.1. The summed E-state index contributed by atoms with van der Waals surface area (Å²) in [6.07, 6.45) is 6.43. The molecular formula is C28H38N2O5. The Morgan fingerprint density at radius 1 is 1.09 bits per heavy atom. The molecule has 2 saturated heterocycles. The van der Waals surface area contributed by atoms with Gasteiger partial charge in [0, 0.05) is 25.6 Å². The molecule has 0 spiro atoms. The van der Waals surface area contributed by atoms with E-state index in [1.54, 1.807) is 0 Å². The van der Waals surface area contributed by atoms with E-state index in [2.05, 4.69) is 6.08 Å². The lowest BCUT2D eigenvalue weighted by atomic mass is 9.71. The van der Waals surface area contributed by atoms with Crippen LogP contribution in [0.4, 0.5) is 4.79 Å². The molecule has 4 rings (SSSR count). The number of likely N-dealkylation sites (tertiary alicyclic amines) is 2. The molecule has 2 heterocycles. The number of amides is 2. The maximum absolute atomic E-state index is 13.1. The fraction of sp³-hybridized carbons (Fsp3) is 0.607. The summed E-state index contributed by atoms with van der Waals surface area (Å²) in [6, 6.07) is 9.55. The predicted molar refractivity (Wildman–Crippen MR) is 132 cm³/mol.